The van der Waals surface area contributed by atoms with E-state index < -0.39 is 20.7 Å². The Morgan fingerprint density at radius 3 is 2.33 bits per heavy atom. The van der Waals surface area contributed by atoms with Crippen molar-refractivity contribution in [3.63, 3.8) is 0 Å². The Labute approximate surface area is 109 Å². The Hall–Kier alpha value is -0.620. The van der Waals surface area contributed by atoms with Crippen LogP contribution < -0.4 is 4.72 Å². The van der Waals surface area contributed by atoms with Gasteiger partial charge in [-0.3, -0.25) is 4.79 Å². The molecule has 106 valence electrons. The van der Waals surface area contributed by atoms with Crippen molar-refractivity contribution in [3.8, 4) is 0 Å². The first-order valence-corrected chi connectivity index (χ1v) is 7.98. The molecule has 1 aliphatic carbocycles. The molecule has 0 aromatic heterocycles. The van der Waals surface area contributed by atoms with E-state index in [-0.39, 0.29) is 12.6 Å². The zero-order valence-electron chi connectivity index (χ0n) is 11.4. The zero-order chi connectivity index (χ0) is 13.8. The van der Waals surface area contributed by atoms with Gasteiger partial charge in [0.05, 0.1) is 6.61 Å². The topological polar surface area (TPSA) is 72.5 Å². The van der Waals surface area contributed by atoms with Crippen molar-refractivity contribution in [1.29, 1.82) is 0 Å². The molecule has 0 spiro atoms. The third-order valence-electron chi connectivity index (χ3n) is 3.37. The van der Waals surface area contributed by atoms with Crippen molar-refractivity contribution in [3.05, 3.63) is 0 Å². The molecule has 1 fully saturated rings. The lowest BCUT2D eigenvalue weighted by Crippen LogP contribution is -2.51. The van der Waals surface area contributed by atoms with Crippen LogP contribution in [0, 0.1) is 0 Å². The number of carbonyl (C=O) groups excluding carboxylic acids is 1. The molecule has 0 bridgehead atoms. The van der Waals surface area contributed by atoms with Gasteiger partial charge in [0.2, 0.25) is 10.0 Å². The van der Waals surface area contributed by atoms with E-state index >= 15 is 0 Å². The largest absolute Gasteiger partial charge is 0.465 e. The Balaban J connectivity index is 2.74. The van der Waals surface area contributed by atoms with Crippen molar-refractivity contribution >= 4 is 16.0 Å². The normalized spacial score (nSPS) is 18.6. The lowest BCUT2D eigenvalue weighted by atomic mass is 9.96. The number of ether oxygens (including phenoxy) is 1. The van der Waals surface area contributed by atoms with Crippen molar-refractivity contribution < 1.29 is 17.9 Å². The smallest absolute Gasteiger partial charge is 0.328 e. The summed E-state index contributed by atoms with van der Waals surface area (Å²) in [4.78, 5) is 11.7. The van der Waals surface area contributed by atoms with Gasteiger partial charge >= 0.3 is 5.97 Å². The summed E-state index contributed by atoms with van der Waals surface area (Å²) in [5, 5.41) is 0. The fourth-order valence-electron chi connectivity index (χ4n) is 2.00. The highest BCUT2D eigenvalue weighted by atomic mass is 32.2. The van der Waals surface area contributed by atoms with Crippen LogP contribution in [0.25, 0.3) is 0 Å². The average Bonchev–Trinajstić information content (AvgIpc) is 2.29. The summed E-state index contributed by atoms with van der Waals surface area (Å²) in [5.41, 5.74) is 0. The van der Waals surface area contributed by atoms with E-state index in [4.69, 9.17) is 4.74 Å². The Morgan fingerprint density at radius 2 is 1.83 bits per heavy atom. The highest BCUT2D eigenvalue weighted by Gasteiger charge is 2.44. The second-order valence-electron chi connectivity index (χ2n) is 5.19. The second kappa shape index (κ2) is 6.02. The Bertz CT molecular complexity index is 383. The maximum absolute atomic E-state index is 12.2. The van der Waals surface area contributed by atoms with Crippen LogP contribution in [0.4, 0.5) is 0 Å². The van der Waals surface area contributed by atoms with Gasteiger partial charge in [-0.25, -0.2) is 13.1 Å². The van der Waals surface area contributed by atoms with Gasteiger partial charge in [-0.15, -0.1) is 0 Å². The number of hydrogen-bond donors (Lipinski definition) is 1. The van der Waals surface area contributed by atoms with E-state index in [1.807, 2.05) is 0 Å². The summed E-state index contributed by atoms with van der Waals surface area (Å²) < 4.78 is 30.4. The molecule has 0 atom stereocenters. The predicted octanol–water partition coefficient (Wildman–Crippen LogP) is 1.58. The number of carbonyl (C=O) groups is 1. The number of sulfonamides is 1. The minimum absolute atomic E-state index is 0.0440. The van der Waals surface area contributed by atoms with Gasteiger partial charge in [-0.2, -0.15) is 0 Å². The first-order valence-electron chi connectivity index (χ1n) is 6.50. The monoisotopic (exact) mass is 277 g/mol. The highest BCUT2D eigenvalue weighted by molar-refractivity contribution is 7.91. The molecule has 5 nitrogen and oxygen atoms in total. The van der Waals surface area contributed by atoms with Crippen LogP contribution in [0.1, 0.15) is 52.9 Å². The maximum atomic E-state index is 12.2. The van der Waals surface area contributed by atoms with Gasteiger partial charge in [0, 0.05) is 6.04 Å². The molecular weight excluding hydrogens is 254 g/mol. The van der Waals surface area contributed by atoms with Gasteiger partial charge in [0.1, 0.15) is 0 Å². The molecule has 0 aromatic rings. The van der Waals surface area contributed by atoms with Crippen LogP contribution in [0.15, 0.2) is 0 Å². The van der Waals surface area contributed by atoms with Crippen molar-refractivity contribution in [2.75, 3.05) is 6.61 Å². The van der Waals surface area contributed by atoms with Gasteiger partial charge < -0.3 is 4.74 Å². The minimum atomic E-state index is -3.71. The van der Waals surface area contributed by atoms with Crippen molar-refractivity contribution in [2.45, 2.75) is 63.7 Å². The second-order valence-corrected chi connectivity index (χ2v) is 7.45. The maximum Gasteiger partial charge on any atom is 0.328 e. The van der Waals surface area contributed by atoms with Crippen LogP contribution >= 0.6 is 0 Å². The first kappa shape index (κ1) is 15.4. The van der Waals surface area contributed by atoms with Crippen molar-refractivity contribution in [2.24, 2.45) is 0 Å². The van der Waals surface area contributed by atoms with Gasteiger partial charge in [0.15, 0.2) is 4.75 Å². The van der Waals surface area contributed by atoms with Crippen molar-refractivity contribution in [1.82, 2.24) is 4.72 Å². The summed E-state index contributed by atoms with van der Waals surface area (Å²) in [6, 6.07) is -0.0440. The molecule has 0 amide bonds. The molecule has 6 heteroatoms. The molecule has 0 aromatic carbocycles. The van der Waals surface area contributed by atoms with E-state index in [1.54, 1.807) is 6.92 Å². The first-order chi connectivity index (χ1) is 8.31. The lowest BCUT2D eigenvalue weighted by Gasteiger charge is -2.28. The number of rotatable bonds is 5. The molecule has 0 unspecified atom stereocenters. The molecule has 0 radical (unpaired) electrons. The summed E-state index contributed by atoms with van der Waals surface area (Å²) in [5.74, 6) is -0.701. The molecule has 18 heavy (non-hydrogen) atoms. The molecule has 1 aliphatic rings. The fourth-order valence-corrected chi connectivity index (χ4v) is 3.25. The van der Waals surface area contributed by atoms with E-state index in [9.17, 15) is 13.2 Å². The molecule has 0 heterocycles. The van der Waals surface area contributed by atoms with E-state index in [1.165, 1.54) is 13.8 Å². The molecule has 0 aliphatic heterocycles. The summed E-state index contributed by atoms with van der Waals surface area (Å²) >= 11 is 0. The SMILES string of the molecule is CCOC(=O)C(C)(C)S(=O)(=O)NC1CCCCC1. The van der Waals surface area contributed by atoms with Gasteiger partial charge in [0.25, 0.3) is 0 Å². The highest BCUT2D eigenvalue weighted by Crippen LogP contribution is 2.22. The summed E-state index contributed by atoms with van der Waals surface area (Å²) in [7, 11) is -3.71. The average molecular weight is 277 g/mol. The minimum Gasteiger partial charge on any atom is -0.465 e. The zero-order valence-corrected chi connectivity index (χ0v) is 12.2. The Kier molecular flexibility index (Phi) is 5.16. The van der Waals surface area contributed by atoms with Gasteiger partial charge in [-0.1, -0.05) is 19.3 Å². The van der Waals surface area contributed by atoms with Crippen LogP contribution in [-0.4, -0.2) is 31.8 Å². The molecule has 0 saturated heterocycles. The molecule has 1 rings (SSSR count). The lowest BCUT2D eigenvalue weighted by molar-refractivity contribution is -0.145. The Morgan fingerprint density at radius 1 is 1.28 bits per heavy atom. The van der Waals surface area contributed by atoms with E-state index in [0.717, 1.165) is 32.1 Å². The van der Waals surface area contributed by atoms with Crippen LogP contribution in [-0.2, 0) is 19.6 Å². The quantitative estimate of drug-likeness (QED) is 0.774. The molecule has 1 N–H and O–H groups in total. The predicted molar refractivity (Wildman–Crippen MR) is 69.6 cm³/mol. The number of hydrogen-bond acceptors (Lipinski definition) is 4. The summed E-state index contributed by atoms with van der Waals surface area (Å²) in [6.45, 7) is 4.61. The van der Waals surface area contributed by atoms with E-state index in [0.29, 0.717) is 0 Å². The number of esters is 1. The van der Waals surface area contributed by atoms with Crippen LogP contribution in [0.5, 0.6) is 0 Å². The molecule has 1 saturated carbocycles. The van der Waals surface area contributed by atoms with E-state index in [2.05, 4.69) is 4.72 Å². The summed E-state index contributed by atoms with van der Waals surface area (Å²) in [6.07, 6.45) is 4.91. The molecular formula is C12H23NO4S. The third kappa shape index (κ3) is 3.45. The van der Waals surface area contributed by atoms with Crippen LogP contribution in [0.3, 0.4) is 0 Å². The standard InChI is InChI=1S/C12H23NO4S/c1-4-17-11(14)12(2,3)18(15,16)13-10-8-6-5-7-9-10/h10,13H,4-9H2,1-3H3. The third-order valence-corrected chi connectivity index (χ3v) is 5.52. The van der Waals surface area contributed by atoms with Gasteiger partial charge in [-0.05, 0) is 33.6 Å². The van der Waals surface area contributed by atoms with Crippen LogP contribution in [0.2, 0.25) is 0 Å². The number of nitrogens with one attached hydrogen (secondary N) is 1. The fraction of sp³-hybridized carbons (Fsp3) is 0.917.